The Morgan fingerprint density at radius 1 is 0.465 bits per heavy atom. The molecule has 0 aromatic heterocycles. The minimum atomic E-state index is -1.88. The molecule has 0 bridgehead atoms. The maximum Gasteiger partial charge on any atom is 0.192 e. The maximum absolute atomic E-state index is 10.1. The van der Waals surface area contributed by atoms with Crippen LogP contribution in [0.5, 0.6) is 0 Å². The van der Waals surface area contributed by atoms with E-state index >= 15 is 0 Å². The van der Waals surface area contributed by atoms with Crippen LogP contribution in [0.1, 0.15) is 272 Å². The highest BCUT2D eigenvalue weighted by Gasteiger charge is 2.38. The van der Waals surface area contributed by atoms with E-state index in [1.807, 2.05) is 24.3 Å². The molecule has 2 atom stereocenters. The Kier molecular flexibility index (Phi) is 44.4. The summed E-state index contributed by atoms with van der Waals surface area (Å²) in [5, 5.41) is 19.8. The number of nitrogens with zero attached hydrogens (tertiary/aromatic N) is 1. The number of hydrogen-bond acceptors (Lipinski definition) is 7. The van der Waals surface area contributed by atoms with Crippen molar-refractivity contribution in [2.24, 2.45) is 0 Å². The summed E-state index contributed by atoms with van der Waals surface area (Å²) in [5.74, 6) is 0. The van der Waals surface area contributed by atoms with Gasteiger partial charge < -0.3 is 28.2 Å². The zero-order chi connectivity index (χ0) is 53.0. The molecule has 9 heteroatoms. The van der Waals surface area contributed by atoms with Gasteiger partial charge in [-0.2, -0.15) is 5.26 Å². The molecule has 0 radical (unpaired) electrons. The lowest BCUT2D eigenvalue weighted by Crippen LogP contribution is -2.43. The van der Waals surface area contributed by atoms with Gasteiger partial charge in [0.25, 0.3) is 0 Å². The number of unbranched alkanes of at least 4 members (excludes halogenated alkanes) is 30. The van der Waals surface area contributed by atoms with E-state index in [-0.39, 0.29) is 16.2 Å². The highest BCUT2D eigenvalue weighted by molar-refractivity contribution is 6.74. The summed E-state index contributed by atoms with van der Waals surface area (Å²) in [4.78, 5) is 0. The third-order valence-electron chi connectivity index (χ3n) is 15.4. The molecule has 0 saturated heterocycles. The van der Waals surface area contributed by atoms with Gasteiger partial charge >= 0.3 is 0 Å². The molecule has 1 aromatic carbocycles. The Morgan fingerprint density at radius 3 is 1.14 bits per heavy atom. The van der Waals surface area contributed by atoms with Crippen LogP contribution in [0.25, 0.3) is 0 Å². The van der Waals surface area contributed by atoms with Crippen LogP contribution in [-0.4, -0.2) is 73.6 Å². The summed E-state index contributed by atoms with van der Waals surface area (Å²) in [6.07, 6.45) is 43.5. The second-order valence-electron chi connectivity index (χ2n) is 24.3. The van der Waals surface area contributed by atoms with Crippen LogP contribution in [0.3, 0.4) is 0 Å². The number of nitriles is 1. The minimum absolute atomic E-state index is 0.137. The summed E-state index contributed by atoms with van der Waals surface area (Å²) in [6.45, 7) is 30.8. The topological polar surface area (TPSA) is 90.2 Å². The molecule has 0 aliphatic rings. The fourth-order valence-electron chi connectivity index (χ4n) is 8.13. The van der Waals surface area contributed by atoms with Gasteiger partial charge in [-0.25, -0.2) is 0 Å². The van der Waals surface area contributed by atoms with Crippen molar-refractivity contribution in [3.8, 4) is 6.07 Å². The van der Waals surface area contributed by atoms with E-state index in [0.717, 1.165) is 31.6 Å². The van der Waals surface area contributed by atoms with Crippen molar-refractivity contribution in [3.05, 3.63) is 35.4 Å². The first kappa shape index (κ1) is 69.9. The lowest BCUT2D eigenvalue weighted by Gasteiger charge is -2.37. The van der Waals surface area contributed by atoms with Crippen molar-refractivity contribution in [2.45, 2.75) is 316 Å². The highest BCUT2D eigenvalue weighted by Crippen LogP contribution is 2.37. The smallest absolute Gasteiger partial charge is 0.192 e. The first-order chi connectivity index (χ1) is 33.9. The Labute approximate surface area is 445 Å². The van der Waals surface area contributed by atoms with Crippen LogP contribution in [0.2, 0.25) is 36.3 Å². The number of ether oxygens (including phenoxy) is 3. The SMILES string of the molecule is CCCCCCCCCCCCCCCCCCOC[C@@H](O)CO[Si](C)(C)C(C)(C)C.CCCCCCCCCCCCCCCCCCOC[C@H](CO[Si](C)(C)C(C)(C)C)OCc1ccccc1C#N. The number of aliphatic hydroxyl groups is 1. The summed E-state index contributed by atoms with van der Waals surface area (Å²) in [6, 6.07) is 9.91. The number of hydrogen-bond donors (Lipinski definition) is 1. The number of aliphatic hydroxyl groups excluding tert-OH is 1. The molecule has 71 heavy (non-hydrogen) atoms. The van der Waals surface area contributed by atoms with Gasteiger partial charge in [-0.05, 0) is 60.7 Å². The van der Waals surface area contributed by atoms with Gasteiger partial charge in [-0.1, -0.05) is 266 Å². The molecule has 1 rings (SSSR count). The van der Waals surface area contributed by atoms with Crippen molar-refractivity contribution >= 4 is 16.6 Å². The average molecular weight is 1030 g/mol. The Balaban J connectivity index is 0.00000143. The molecule has 0 amide bonds. The average Bonchev–Trinajstić information content (AvgIpc) is 3.32. The summed E-state index contributed by atoms with van der Waals surface area (Å²) in [7, 11) is -3.65. The third-order valence-corrected chi connectivity index (χ3v) is 24.4. The van der Waals surface area contributed by atoms with Crippen molar-refractivity contribution in [2.75, 3.05) is 39.6 Å². The molecule has 0 fully saturated rings. The molecule has 0 unspecified atom stereocenters. The number of rotatable bonds is 47. The second-order valence-corrected chi connectivity index (χ2v) is 33.9. The van der Waals surface area contributed by atoms with E-state index in [2.05, 4.69) is 87.6 Å². The molecule has 7 nitrogen and oxygen atoms in total. The largest absolute Gasteiger partial charge is 0.414 e. The predicted molar refractivity (Wildman–Crippen MR) is 313 cm³/mol. The lowest BCUT2D eigenvalue weighted by atomic mass is 10.0. The van der Waals surface area contributed by atoms with Crippen molar-refractivity contribution in [1.29, 1.82) is 5.26 Å². The molecule has 1 N–H and O–H groups in total. The van der Waals surface area contributed by atoms with Crippen LogP contribution < -0.4 is 0 Å². The molecule has 0 spiro atoms. The van der Waals surface area contributed by atoms with Crippen LogP contribution in [-0.2, 0) is 29.7 Å². The summed E-state index contributed by atoms with van der Waals surface area (Å²) >= 11 is 0. The Morgan fingerprint density at radius 2 is 0.789 bits per heavy atom. The van der Waals surface area contributed by atoms with Crippen LogP contribution in [0.4, 0.5) is 0 Å². The van der Waals surface area contributed by atoms with Crippen molar-refractivity contribution in [3.63, 3.8) is 0 Å². The molecule has 0 aliphatic heterocycles. The molecular weight excluding hydrogens is 911 g/mol. The fourth-order valence-corrected chi connectivity index (χ4v) is 10.2. The molecule has 0 aliphatic carbocycles. The van der Waals surface area contributed by atoms with E-state index in [1.54, 1.807) is 0 Å². The first-order valence-electron chi connectivity index (χ1n) is 30.1. The van der Waals surface area contributed by atoms with Gasteiger partial charge in [-0.15, -0.1) is 0 Å². The fraction of sp³-hybridized carbons (Fsp3) is 0.887. The van der Waals surface area contributed by atoms with Crippen molar-refractivity contribution < 1.29 is 28.2 Å². The lowest BCUT2D eigenvalue weighted by molar-refractivity contribution is -0.0477. The normalized spacial score (nSPS) is 13.2. The molecule has 1 aromatic rings. The van der Waals surface area contributed by atoms with E-state index in [0.29, 0.717) is 38.6 Å². The Bertz CT molecular complexity index is 1350. The maximum atomic E-state index is 10.1. The van der Waals surface area contributed by atoms with Gasteiger partial charge in [0.1, 0.15) is 6.10 Å². The molecule has 418 valence electrons. The molecular formula is C62H121NO6Si2. The van der Waals surface area contributed by atoms with Gasteiger partial charge in [0, 0.05) is 13.2 Å². The Hall–Kier alpha value is -1.10. The molecule has 0 heterocycles. The monoisotopic (exact) mass is 1030 g/mol. The van der Waals surface area contributed by atoms with Gasteiger partial charge in [0.05, 0.1) is 50.8 Å². The van der Waals surface area contributed by atoms with Gasteiger partial charge in [-0.3, -0.25) is 0 Å². The number of benzene rings is 1. The van der Waals surface area contributed by atoms with E-state index in [9.17, 15) is 10.4 Å². The zero-order valence-corrected chi connectivity index (χ0v) is 51.5. The summed E-state index contributed by atoms with van der Waals surface area (Å²) < 4.78 is 30.4. The second kappa shape index (κ2) is 45.1. The quantitative estimate of drug-likeness (QED) is 0.0514. The minimum Gasteiger partial charge on any atom is -0.414 e. The van der Waals surface area contributed by atoms with Crippen LogP contribution in [0, 0.1) is 11.3 Å². The van der Waals surface area contributed by atoms with Gasteiger partial charge in [0.15, 0.2) is 16.6 Å². The zero-order valence-electron chi connectivity index (χ0n) is 49.5. The summed E-state index contributed by atoms with van der Waals surface area (Å²) in [5.41, 5.74) is 1.58. The van der Waals surface area contributed by atoms with E-state index < -0.39 is 22.7 Å². The van der Waals surface area contributed by atoms with Crippen LogP contribution in [0.15, 0.2) is 24.3 Å². The first-order valence-corrected chi connectivity index (χ1v) is 35.9. The highest BCUT2D eigenvalue weighted by atomic mass is 28.4. The standard InChI is InChI=1S/C35H63NO3Si.C27H58O3Si/c1-7-8-9-10-11-12-13-14-15-16-17-18-19-20-21-24-27-37-30-34(31-39-40(5,6)35(2,3)4)38-29-33-26-23-22-25-32(33)28-36;1-7-8-9-10-11-12-13-14-15-16-17-18-19-20-21-22-23-29-24-26(28)25-30-31(5,6)27(2,3)4/h22-23,25-26,34H,7-21,24,27,29-31H2,1-6H3;26,28H,7-25H2,1-6H3/t34-;26-/m11/s1. The van der Waals surface area contributed by atoms with E-state index in [1.165, 1.54) is 193 Å². The van der Waals surface area contributed by atoms with Gasteiger partial charge in [0.2, 0.25) is 0 Å². The third kappa shape index (κ3) is 40.8. The predicted octanol–water partition coefficient (Wildman–Crippen LogP) is 19.4. The van der Waals surface area contributed by atoms with Crippen molar-refractivity contribution in [1.82, 2.24) is 0 Å². The van der Waals surface area contributed by atoms with E-state index in [4.69, 9.17) is 23.1 Å². The van der Waals surface area contributed by atoms with Crippen LogP contribution >= 0.6 is 0 Å². The molecule has 0 saturated carbocycles.